The van der Waals surface area contributed by atoms with Gasteiger partial charge in [-0.05, 0) is 49.9 Å². The number of anilines is 2. The van der Waals surface area contributed by atoms with Crippen molar-refractivity contribution in [2.24, 2.45) is 5.92 Å². The highest BCUT2D eigenvalue weighted by atomic mass is 32.2. The van der Waals surface area contributed by atoms with Gasteiger partial charge in [0.15, 0.2) is 0 Å². The first kappa shape index (κ1) is 24.2. The topological polar surface area (TPSA) is 87.7 Å². The third kappa shape index (κ3) is 8.52. The van der Waals surface area contributed by atoms with Crippen molar-refractivity contribution in [1.82, 2.24) is 9.62 Å². The summed E-state index contributed by atoms with van der Waals surface area (Å²) in [6.45, 7) is 6.44. The van der Waals surface area contributed by atoms with Crippen LogP contribution in [-0.4, -0.2) is 58.3 Å². The normalized spacial score (nSPS) is 20.4. The number of carbonyl (C=O) groups excluding carboxylic acids is 1. The van der Waals surface area contributed by atoms with Crippen LogP contribution in [0.25, 0.3) is 0 Å². The molecule has 1 saturated carbocycles. The molecule has 0 bridgehead atoms. The lowest BCUT2D eigenvalue weighted by Crippen LogP contribution is -2.46. The summed E-state index contributed by atoms with van der Waals surface area (Å²) in [7, 11) is 0. The molecule has 1 aliphatic heterocycles. The Hall–Kier alpha value is -1.48. The van der Waals surface area contributed by atoms with E-state index in [9.17, 15) is 13.6 Å². The van der Waals surface area contributed by atoms with Crippen LogP contribution in [0, 0.1) is 5.92 Å². The van der Waals surface area contributed by atoms with E-state index in [-0.39, 0.29) is 11.9 Å². The van der Waals surface area contributed by atoms with Crippen LogP contribution in [0.1, 0.15) is 58.3 Å². The highest BCUT2D eigenvalue weighted by molar-refractivity contribution is 7.77. The van der Waals surface area contributed by atoms with E-state index in [4.69, 9.17) is 0 Å². The molecule has 174 valence electrons. The smallest absolute Gasteiger partial charge is 0.221 e. The molecule has 1 aromatic carbocycles. The molecule has 1 aromatic rings. The zero-order valence-corrected chi connectivity index (χ0v) is 19.5. The van der Waals surface area contributed by atoms with Crippen LogP contribution in [0.3, 0.4) is 0 Å². The molecule has 0 radical (unpaired) electrons. The molecular formula is C23H37N4O3S-. The summed E-state index contributed by atoms with van der Waals surface area (Å²) in [4.78, 5) is 16.1. The minimum atomic E-state index is -2.19. The highest BCUT2D eigenvalue weighted by Crippen LogP contribution is 2.28. The molecule has 3 rings (SSSR count). The lowest BCUT2D eigenvalue weighted by atomic mass is 9.84. The second-order valence-electron chi connectivity index (χ2n) is 8.99. The predicted molar refractivity (Wildman–Crippen MR) is 126 cm³/mol. The monoisotopic (exact) mass is 449 g/mol. The number of nitrogens with zero attached hydrogens (tertiary/aromatic N) is 2. The number of benzene rings is 1. The van der Waals surface area contributed by atoms with Crippen molar-refractivity contribution in [1.29, 1.82) is 0 Å². The van der Waals surface area contributed by atoms with Crippen LogP contribution >= 0.6 is 0 Å². The standard InChI is InChI=1S/C23H38N4O3S/c1-19(28)24-21-9-5-11-23(18-21)27-15-13-26(14-16-27)12-6-10-22(25-31(29)30)17-20-7-3-2-4-8-20/h5,9,11,18,20,22,25H,2-4,6-8,10,12-17H2,1H3,(H,24,28)(H,29,30)/p-1. The molecule has 0 spiro atoms. The lowest BCUT2D eigenvalue weighted by Gasteiger charge is -2.36. The zero-order valence-electron chi connectivity index (χ0n) is 18.7. The molecule has 1 saturated heterocycles. The Balaban J connectivity index is 1.40. The van der Waals surface area contributed by atoms with Crippen LogP contribution in [0.15, 0.2) is 24.3 Å². The van der Waals surface area contributed by atoms with Crippen LogP contribution in [0.4, 0.5) is 11.4 Å². The van der Waals surface area contributed by atoms with Gasteiger partial charge < -0.3 is 14.8 Å². The van der Waals surface area contributed by atoms with Gasteiger partial charge in [-0.2, -0.15) is 0 Å². The number of hydrogen-bond acceptors (Lipinski definition) is 5. The van der Waals surface area contributed by atoms with Gasteiger partial charge in [-0.1, -0.05) is 38.2 Å². The van der Waals surface area contributed by atoms with E-state index in [0.717, 1.165) is 63.4 Å². The fourth-order valence-electron chi connectivity index (χ4n) is 4.96. The molecule has 1 amide bonds. The summed E-state index contributed by atoms with van der Waals surface area (Å²) in [5, 5.41) is 2.85. The molecule has 0 aromatic heterocycles. The summed E-state index contributed by atoms with van der Waals surface area (Å²) < 4.78 is 25.2. The average Bonchev–Trinajstić information content (AvgIpc) is 2.74. The van der Waals surface area contributed by atoms with Crippen LogP contribution < -0.4 is 14.9 Å². The first-order valence-electron chi connectivity index (χ1n) is 11.7. The van der Waals surface area contributed by atoms with Crippen LogP contribution in [-0.2, 0) is 16.1 Å². The molecule has 31 heavy (non-hydrogen) atoms. The van der Waals surface area contributed by atoms with Crippen molar-refractivity contribution in [2.75, 3.05) is 42.9 Å². The van der Waals surface area contributed by atoms with Crippen molar-refractivity contribution in [2.45, 2.75) is 64.3 Å². The first-order chi connectivity index (χ1) is 15.0. The minimum Gasteiger partial charge on any atom is -0.760 e. The fraction of sp³-hybridized carbons (Fsp3) is 0.696. The van der Waals surface area contributed by atoms with Gasteiger partial charge >= 0.3 is 0 Å². The molecule has 2 fully saturated rings. The number of amides is 1. The maximum absolute atomic E-state index is 11.3. The van der Waals surface area contributed by atoms with Crippen molar-refractivity contribution in [3.8, 4) is 0 Å². The minimum absolute atomic E-state index is 0.0564. The Bertz CT molecular complexity index is 719. The number of nitrogens with one attached hydrogen (secondary N) is 2. The SMILES string of the molecule is CC(=O)Nc1cccc(N2CCN(CCCC(CC3CCCCC3)NS(=O)[O-])CC2)c1. The maximum Gasteiger partial charge on any atom is 0.221 e. The first-order valence-corrected chi connectivity index (χ1v) is 12.8. The molecular weight excluding hydrogens is 412 g/mol. The molecule has 2 atom stereocenters. The second-order valence-corrected chi connectivity index (χ2v) is 9.70. The van der Waals surface area contributed by atoms with E-state index in [1.54, 1.807) is 0 Å². The third-order valence-corrected chi connectivity index (χ3v) is 7.06. The van der Waals surface area contributed by atoms with Gasteiger partial charge in [-0.25, -0.2) is 4.72 Å². The van der Waals surface area contributed by atoms with Gasteiger partial charge in [-0.3, -0.25) is 13.9 Å². The number of rotatable bonds is 10. The highest BCUT2D eigenvalue weighted by Gasteiger charge is 2.21. The van der Waals surface area contributed by atoms with E-state index in [0.29, 0.717) is 5.92 Å². The molecule has 8 heteroatoms. The summed E-state index contributed by atoms with van der Waals surface area (Å²) in [5.74, 6) is 0.616. The summed E-state index contributed by atoms with van der Waals surface area (Å²) >= 11 is -2.19. The molecule has 2 aliphatic rings. The lowest BCUT2D eigenvalue weighted by molar-refractivity contribution is -0.114. The van der Waals surface area contributed by atoms with Gasteiger partial charge in [0.2, 0.25) is 5.91 Å². The van der Waals surface area contributed by atoms with Crippen LogP contribution in [0.5, 0.6) is 0 Å². The summed E-state index contributed by atoms with van der Waals surface area (Å²) in [6, 6.07) is 8.08. The Morgan fingerprint density at radius 3 is 2.61 bits per heavy atom. The van der Waals surface area contributed by atoms with Gasteiger partial charge in [-0.15, -0.1) is 0 Å². The van der Waals surface area contributed by atoms with Crippen molar-refractivity contribution in [3.05, 3.63) is 24.3 Å². The average molecular weight is 450 g/mol. The molecule has 2 N–H and O–H groups in total. The zero-order chi connectivity index (χ0) is 22.1. The number of piperazine rings is 1. The van der Waals surface area contributed by atoms with Gasteiger partial charge in [0, 0.05) is 61.8 Å². The Labute approximate surface area is 189 Å². The predicted octanol–water partition coefficient (Wildman–Crippen LogP) is 3.27. The quantitative estimate of drug-likeness (QED) is 0.535. The van der Waals surface area contributed by atoms with Gasteiger partial charge in [0.05, 0.1) is 0 Å². The molecule has 7 nitrogen and oxygen atoms in total. The van der Waals surface area contributed by atoms with Gasteiger partial charge in [0.25, 0.3) is 0 Å². The van der Waals surface area contributed by atoms with E-state index >= 15 is 0 Å². The van der Waals surface area contributed by atoms with E-state index in [2.05, 4.69) is 25.9 Å². The Morgan fingerprint density at radius 2 is 1.94 bits per heavy atom. The molecule has 1 aliphatic carbocycles. The molecule has 1 heterocycles. The Morgan fingerprint density at radius 1 is 1.19 bits per heavy atom. The number of hydrogen-bond donors (Lipinski definition) is 2. The Kier molecular flexibility index (Phi) is 9.77. The van der Waals surface area contributed by atoms with E-state index < -0.39 is 11.3 Å². The summed E-state index contributed by atoms with van der Waals surface area (Å²) in [5.41, 5.74) is 1.97. The largest absolute Gasteiger partial charge is 0.760 e. The second kappa shape index (κ2) is 12.5. The molecule has 2 unspecified atom stereocenters. The van der Waals surface area contributed by atoms with Crippen LogP contribution in [0.2, 0.25) is 0 Å². The fourth-order valence-corrected chi connectivity index (χ4v) is 5.45. The summed E-state index contributed by atoms with van der Waals surface area (Å²) in [6.07, 6.45) is 9.29. The van der Waals surface area contributed by atoms with Crippen molar-refractivity contribution in [3.63, 3.8) is 0 Å². The third-order valence-electron chi connectivity index (χ3n) is 6.54. The van der Waals surface area contributed by atoms with Gasteiger partial charge in [0.1, 0.15) is 0 Å². The maximum atomic E-state index is 11.3. The van der Waals surface area contributed by atoms with E-state index in [1.807, 2.05) is 18.2 Å². The van der Waals surface area contributed by atoms with Crippen molar-refractivity contribution >= 4 is 28.5 Å². The number of carbonyl (C=O) groups is 1. The van der Waals surface area contributed by atoms with E-state index in [1.165, 1.54) is 39.0 Å². The van der Waals surface area contributed by atoms with Crippen molar-refractivity contribution < 1.29 is 13.6 Å².